The van der Waals surface area contributed by atoms with E-state index in [4.69, 9.17) is 0 Å². The molecule has 0 radical (unpaired) electrons. The third kappa shape index (κ3) is 3.00. The number of hydrogen-bond donors (Lipinski definition) is 2. The molecular formula is C14H19N3O2S. The Hall–Kier alpha value is -1.43. The van der Waals surface area contributed by atoms with Gasteiger partial charge in [0.25, 0.3) is 0 Å². The van der Waals surface area contributed by atoms with Crippen molar-refractivity contribution < 1.29 is 9.59 Å². The summed E-state index contributed by atoms with van der Waals surface area (Å²) in [5.41, 5.74) is 0.802. The zero-order chi connectivity index (χ0) is 14.3. The first kappa shape index (κ1) is 13.5. The van der Waals surface area contributed by atoms with Crippen molar-refractivity contribution in [2.75, 3.05) is 5.32 Å². The minimum Gasteiger partial charge on any atom is -0.350 e. The van der Waals surface area contributed by atoms with Gasteiger partial charge in [-0.25, -0.2) is 4.98 Å². The van der Waals surface area contributed by atoms with Crippen molar-refractivity contribution in [3.63, 3.8) is 0 Å². The summed E-state index contributed by atoms with van der Waals surface area (Å²) in [5.74, 6) is 1.52. The Kier molecular flexibility index (Phi) is 3.50. The Morgan fingerprint density at radius 1 is 1.25 bits per heavy atom. The molecule has 1 aromatic heterocycles. The number of anilines is 1. The van der Waals surface area contributed by atoms with Crippen LogP contribution in [0.3, 0.4) is 0 Å². The Labute approximate surface area is 122 Å². The zero-order valence-corrected chi connectivity index (χ0v) is 12.5. The van der Waals surface area contributed by atoms with Gasteiger partial charge in [0.15, 0.2) is 5.13 Å². The summed E-state index contributed by atoms with van der Waals surface area (Å²) in [4.78, 5) is 27.8. The first-order chi connectivity index (χ1) is 9.54. The molecular weight excluding hydrogens is 274 g/mol. The van der Waals surface area contributed by atoms with Gasteiger partial charge >= 0.3 is 0 Å². The van der Waals surface area contributed by atoms with E-state index >= 15 is 0 Å². The second kappa shape index (κ2) is 5.16. The molecule has 4 unspecified atom stereocenters. The van der Waals surface area contributed by atoms with Crippen LogP contribution in [0.5, 0.6) is 0 Å². The smallest absolute Gasteiger partial charge is 0.229 e. The normalized spacial score (nSPS) is 30.7. The Morgan fingerprint density at radius 2 is 1.85 bits per heavy atom. The van der Waals surface area contributed by atoms with Crippen molar-refractivity contribution in [1.82, 2.24) is 10.3 Å². The quantitative estimate of drug-likeness (QED) is 0.872. The van der Waals surface area contributed by atoms with Crippen LogP contribution in [0.25, 0.3) is 0 Å². The standard InChI is InChI=1S/C14H19N3O2S/c1-7-3-10(7)12(18)15-5-9-6-20-14(16-9)17-13(19)11-4-8(11)2/h6-8,10-11H,3-5H2,1-2H3,(H,15,18)(H,16,17,19). The van der Waals surface area contributed by atoms with Crippen molar-refractivity contribution in [2.45, 2.75) is 33.2 Å². The van der Waals surface area contributed by atoms with Crippen molar-refractivity contribution in [1.29, 1.82) is 0 Å². The van der Waals surface area contributed by atoms with E-state index < -0.39 is 0 Å². The van der Waals surface area contributed by atoms with E-state index in [0.29, 0.717) is 23.5 Å². The number of aromatic nitrogens is 1. The second-order valence-electron chi connectivity index (χ2n) is 5.99. The lowest BCUT2D eigenvalue weighted by molar-refractivity contribution is -0.122. The maximum Gasteiger partial charge on any atom is 0.229 e. The number of rotatable bonds is 5. The van der Waals surface area contributed by atoms with Crippen LogP contribution in [0.4, 0.5) is 5.13 Å². The number of thiazole rings is 1. The van der Waals surface area contributed by atoms with Gasteiger partial charge in [-0.05, 0) is 24.7 Å². The number of hydrogen-bond acceptors (Lipinski definition) is 4. The van der Waals surface area contributed by atoms with Crippen LogP contribution in [0.1, 0.15) is 32.4 Å². The number of nitrogens with one attached hydrogen (secondary N) is 2. The highest BCUT2D eigenvalue weighted by Crippen LogP contribution is 2.39. The van der Waals surface area contributed by atoms with E-state index in [1.807, 2.05) is 5.38 Å². The van der Waals surface area contributed by atoms with Crippen LogP contribution in [-0.2, 0) is 16.1 Å². The summed E-state index contributed by atoms with van der Waals surface area (Å²) in [5, 5.41) is 8.23. The van der Waals surface area contributed by atoms with E-state index in [1.54, 1.807) is 0 Å². The summed E-state index contributed by atoms with van der Waals surface area (Å²) in [6, 6.07) is 0. The molecule has 0 bridgehead atoms. The fraction of sp³-hybridized carbons (Fsp3) is 0.643. The highest BCUT2D eigenvalue weighted by atomic mass is 32.1. The van der Waals surface area contributed by atoms with Gasteiger partial charge in [0, 0.05) is 17.2 Å². The van der Waals surface area contributed by atoms with E-state index in [9.17, 15) is 9.59 Å². The van der Waals surface area contributed by atoms with Crippen LogP contribution in [-0.4, -0.2) is 16.8 Å². The zero-order valence-electron chi connectivity index (χ0n) is 11.7. The number of amides is 2. The van der Waals surface area contributed by atoms with Gasteiger partial charge in [0.1, 0.15) is 0 Å². The van der Waals surface area contributed by atoms with Gasteiger partial charge < -0.3 is 10.6 Å². The summed E-state index contributed by atoms with van der Waals surface area (Å²) in [6.07, 6.45) is 1.96. The van der Waals surface area contributed by atoms with Crippen LogP contribution < -0.4 is 10.6 Å². The highest BCUT2D eigenvalue weighted by molar-refractivity contribution is 7.13. The molecule has 2 aliphatic carbocycles. The third-order valence-electron chi connectivity index (χ3n) is 4.12. The molecule has 2 N–H and O–H groups in total. The minimum atomic E-state index is 0.0641. The summed E-state index contributed by atoms with van der Waals surface area (Å²) in [7, 11) is 0. The van der Waals surface area contributed by atoms with Crippen LogP contribution in [0.15, 0.2) is 5.38 Å². The highest BCUT2D eigenvalue weighted by Gasteiger charge is 2.40. The fourth-order valence-corrected chi connectivity index (χ4v) is 3.04. The lowest BCUT2D eigenvalue weighted by atomic mass is 10.3. The molecule has 2 fully saturated rings. The minimum absolute atomic E-state index is 0.0641. The molecule has 2 amide bonds. The van der Waals surface area contributed by atoms with Crippen molar-refractivity contribution in [3.8, 4) is 0 Å². The van der Waals surface area contributed by atoms with Gasteiger partial charge in [0.2, 0.25) is 11.8 Å². The first-order valence-corrected chi connectivity index (χ1v) is 7.95. The van der Waals surface area contributed by atoms with Crippen molar-refractivity contribution in [2.24, 2.45) is 23.7 Å². The molecule has 2 saturated carbocycles. The lowest BCUT2D eigenvalue weighted by Crippen LogP contribution is -2.25. The fourth-order valence-electron chi connectivity index (χ4n) is 2.33. The molecule has 108 valence electrons. The van der Waals surface area contributed by atoms with E-state index in [1.165, 1.54) is 11.3 Å². The van der Waals surface area contributed by atoms with Gasteiger partial charge in [-0.15, -0.1) is 11.3 Å². The Morgan fingerprint density at radius 3 is 2.45 bits per heavy atom. The third-order valence-corrected chi connectivity index (χ3v) is 4.92. The molecule has 20 heavy (non-hydrogen) atoms. The summed E-state index contributed by atoms with van der Waals surface area (Å²) < 4.78 is 0. The molecule has 0 aliphatic heterocycles. The molecule has 1 aromatic rings. The molecule has 5 nitrogen and oxygen atoms in total. The van der Waals surface area contributed by atoms with Gasteiger partial charge in [-0.1, -0.05) is 13.8 Å². The summed E-state index contributed by atoms with van der Waals surface area (Å²) in [6.45, 7) is 4.60. The largest absolute Gasteiger partial charge is 0.350 e. The summed E-state index contributed by atoms with van der Waals surface area (Å²) >= 11 is 1.41. The van der Waals surface area contributed by atoms with E-state index in [-0.39, 0.29) is 23.7 Å². The monoisotopic (exact) mass is 293 g/mol. The van der Waals surface area contributed by atoms with Crippen molar-refractivity contribution >= 4 is 28.3 Å². The topological polar surface area (TPSA) is 71.1 Å². The molecule has 2 aliphatic rings. The lowest BCUT2D eigenvalue weighted by Gasteiger charge is -2.01. The molecule has 3 rings (SSSR count). The van der Waals surface area contributed by atoms with Crippen molar-refractivity contribution in [3.05, 3.63) is 11.1 Å². The van der Waals surface area contributed by atoms with E-state index in [0.717, 1.165) is 18.5 Å². The Bertz CT molecular complexity index is 542. The second-order valence-corrected chi connectivity index (χ2v) is 6.85. The molecule has 0 saturated heterocycles. The maximum absolute atomic E-state index is 11.8. The molecule has 1 heterocycles. The van der Waals surface area contributed by atoms with Crippen LogP contribution in [0.2, 0.25) is 0 Å². The van der Waals surface area contributed by atoms with Gasteiger partial charge in [-0.3, -0.25) is 9.59 Å². The maximum atomic E-state index is 11.8. The predicted octanol–water partition coefficient (Wildman–Crippen LogP) is 2.01. The average molecular weight is 293 g/mol. The number of nitrogens with zero attached hydrogens (tertiary/aromatic N) is 1. The molecule has 4 atom stereocenters. The number of carbonyl (C=O) groups is 2. The van der Waals surface area contributed by atoms with Gasteiger partial charge in [-0.2, -0.15) is 0 Å². The first-order valence-electron chi connectivity index (χ1n) is 7.07. The molecule has 6 heteroatoms. The van der Waals surface area contributed by atoms with Crippen LogP contribution in [0, 0.1) is 23.7 Å². The number of carbonyl (C=O) groups excluding carboxylic acids is 2. The van der Waals surface area contributed by atoms with Crippen LogP contribution >= 0.6 is 11.3 Å². The Balaban J connectivity index is 1.46. The van der Waals surface area contributed by atoms with E-state index in [2.05, 4.69) is 29.5 Å². The SMILES string of the molecule is CC1CC1C(=O)NCc1csc(NC(=O)C2CC2C)n1. The predicted molar refractivity (Wildman–Crippen MR) is 77.1 cm³/mol. The molecule has 0 spiro atoms. The van der Waals surface area contributed by atoms with Gasteiger partial charge in [0.05, 0.1) is 12.2 Å². The molecule has 0 aromatic carbocycles. The average Bonchev–Trinajstić information content (AvgIpc) is 3.27.